The van der Waals surface area contributed by atoms with Crippen LogP contribution in [0.2, 0.25) is 0 Å². The molecule has 2 aromatic carbocycles. The van der Waals surface area contributed by atoms with Gasteiger partial charge in [0.1, 0.15) is 17.2 Å². The summed E-state index contributed by atoms with van der Waals surface area (Å²) < 4.78 is 40.3. The molecule has 3 nitrogen and oxygen atoms in total. The number of halogens is 4. The minimum atomic E-state index is -1.14. The Balaban J connectivity index is 2.33. The fourth-order valence-electron chi connectivity index (χ4n) is 1.54. The van der Waals surface area contributed by atoms with Crippen LogP contribution in [-0.4, -0.2) is 5.91 Å². The average Bonchev–Trinajstić information content (AvgIpc) is 2.39. The first-order chi connectivity index (χ1) is 9.40. The van der Waals surface area contributed by atoms with Gasteiger partial charge in [-0.15, -0.1) is 0 Å². The minimum Gasteiger partial charge on any atom is -0.396 e. The lowest BCUT2D eigenvalue weighted by Crippen LogP contribution is -2.17. The van der Waals surface area contributed by atoms with Crippen LogP contribution in [0.5, 0.6) is 0 Å². The first-order valence-electron chi connectivity index (χ1n) is 5.40. The van der Waals surface area contributed by atoms with Crippen molar-refractivity contribution in [1.29, 1.82) is 0 Å². The van der Waals surface area contributed by atoms with Crippen LogP contribution < -0.4 is 11.1 Å². The molecule has 0 saturated heterocycles. The normalized spacial score (nSPS) is 10.4. The first kappa shape index (κ1) is 14.4. The van der Waals surface area contributed by atoms with Gasteiger partial charge in [-0.2, -0.15) is 0 Å². The van der Waals surface area contributed by atoms with Gasteiger partial charge < -0.3 is 11.1 Å². The molecule has 104 valence electrons. The molecule has 0 bridgehead atoms. The smallest absolute Gasteiger partial charge is 0.261 e. The summed E-state index contributed by atoms with van der Waals surface area (Å²) >= 11 is 2.94. The number of hydrogen-bond acceptors (Lipinski definition) is 2. The molecule has 0 spiro atoms. The Hall–Kier alpha value is -2.02. The highest BCUT2D eigenvalue weighted by molar-refractivity contribution is 9.10. The van der Waals surface area contributed by atoms with Crippen LogP contribution in [0.4, 0.5) is 24.5 Å². The van der Waals surface area contributed by atoms with Crippen molar-refractivity contribution < 1.29 is 18.0 Å². The molecule has 3 N–H and O–H groups in total. The van der Waals surface area contributed by atoms with E-state index in [1.54, 1.807) is 0 Å². The van der Waals surface area contributed by atoms with Crippen molar-refractivity contribution in [1.82, 2.24) is 0 Å². The number of amides is 1. The number of anilines is 2. The molecule has 1 amide bonds. The first-order valence-corrected chi connectivity index (χ1v) is 6.19. The maximum atomic E-state index is 13.7. The Kier molecular flexibility index (Phi) is 3.99. The van der Waals surface area contributed by atoms with E-state index >= 15 is 0 Å². The summed E-state index contributed by atoms with van der Waals surface area (Å²) in [5, 5.41) is 2.26. The molecule has 0 fully saturated rings. The predicted molar refractivity (Wildman–Crippen MR) is 72.8 cm³/mol. The predicted octanol–water partition coefficient (Wildman–Crippen LogP) is 3.70. The van der Waals surface area contributed by atoms with Gasteiger partial charge in [0.05, 0.1) is 10.2 Å². The Morgan fingerprint density at radius 2 is 1.75 bits per heavy atom. The van der Waals surface area contributed by atoms with Crippen molar-refractivity contribution in [3.63, 3.8) is 0 Å². The van der Waals surface area contributed by atoms with Gasteiger partial charge >= 0.3 is 0 Å². The number of nitrogen functional groups attached to an aromatic ring is 1. The molecule has 0 aliphatic rings. The van der Waals surface area contributed by atoms with Gasteiger partial charge in [0.25, 0.3) is 5.91 Å². The number of nitrogens with one attached hydrogen (secondary N) is 1. The molecule has 0 aliphatic heterocycles. The van der Waals surface area contributed by atoms with Crippen molar-refractivity contribution in [3.05, 3.63) is 57.8 Å². The van der Waals surface area contributed by atoms with Crippen LogP contribution in [-0.2, 0) is 0 Å². The Labute approximate surface area is 120 Å². The fraction of sp³-hybridized carbons (Fsp3) is 0. The van der Waals surface area contributed by atoms with Gasteiger partial charge in [-0.25, -0.2) is 13.2 Å². The molecule has 0 aromatic heterocycles. The zero-order valence-corrected chi connectivity index (χ0v) is 11.5. The number of rotatable bonds is 2. The van der Waals surface area contributed by atoms with Crippen LogP contribution in [0.15, 0.2) is 34.8 Å². The molecule has 0 heterocycles. The third kappa shape index (κ3) is 2.77. The Morgan fingerprint density at radius 3 is 2.40 bits per heavy atom. The molecule has 0 atom stereocenters. The second-order valence-electron chi connectivity index (χ2n) is 3.91. The number of benzene rings is 2. The van der Waals surface area contributed by atoms with E-state index in [0.29, 0.717) is 0 Å². The van der Waals surface area contributed by atoms with E-state index in [0.717, 1.165) is 18.2 Å². The van der Waals surface area contributed by atoms with E-state index in [-0.39, 0.29) is 15.8 Å². The monoisotopic (exact) mass is 344 g/mol. The van der Waals surface area contributed by atoms with Crippen LogP contribution in [0.3, 0.4) is 0 Å². The minimum absolute atomic E-state index is 0.115. The lowest BCUT2D eigenvalue weighted by Gasteiger charge is -2.09. The summed E-state index contributed by atoms with van der Waals surface area (Å²) in [7, 11) is 0. The SMILES string of the molecule is Nc1ccc(F)c(C(=O)Nc2ccc(F)c(Br)c2)c1F. The van der Waals surface area contributed by atoms with Crippen LogP contribution in [0, 0.1) is 17.5 Å². The molecule has 0 saturated carbocycles. The highest BCUT2D eigenvalue weighted by Gasteiger charge is 2.19. The van der Waals surface area contributed by atoms with Crippen LogP contribution >= 0.6 is 15.9 Å². The van der Waals surface area contributed by atoms with Crippen molar-refractivity contribution >= 4 is 33.2 Å². The van der Waals surface area contributed by atoms with E-state index in [2.05, 4.69) is 21.2 Å². The molecule has 0 aliphatic carbocycles. The largest absolute Gasteiger partial charge is 0.396 e. The number of hydrogen-bond donors (Lipinski definition) is 2. The fourth-order valence-corrected chi connectivity index (χ4v) is 1.92. The number of carbonyl (C=O) groups excluding carboxylic acids is 1. The Bertz CT molecular complexity index is 692. The van der Waals surface area contributed by atoms with E-state index < -0.39 is 28.9 Å². The summed E-state index contributed by atoms with van der Waals surface area (Å²) in [4.78, 5) is 11.8. The molecule has 0 radical (unpaired) electrons. The van der Waals surface area contributed by atoms with Gasteiger partial charge in [-0.1, -0.05) is 0 Å². The highest BCUT2D eigenvalue weighted by Crippen LogP contribution is 2.23. The van der Waals surface area contributed by atoms with Crippen molar-refractivity contribution in [2.45, 2.75) is 0 Å². The number of carbonyl (C=O) groups is 1. The van der Waals surface area contributed by atoms with Crippen LogP contribution in [0.1, 0.15) is 10.4 Å². The summed E-state index contributed by atoms with van der Waals surface area (Å²) in [6.45, 7) is 0. The maximum absolute atomic E-state index is 13.7. The zero-order chi connectivity index (χ0) is 14.9. The van der Waals surface area contributed by atoms with Gasteiger partial charge in [-0.05, 0) is 46.3 Å². The second-order valence-corrected chi connectivity index (χ2v) is 4.76. The third-order valence-electron chi connectivity index (χ3n) is 2.53. The van der Waals surface area contributed by atoms with Crippen molar-refractivity contribution in [2.24, 2.45) is 0 Å². The average molecular weight is 345 g/mol. The third-order valence-corrected chi connectivity index (χ3v) is 3.13. The lowest BCUT2D eigenvalue weighted by atomic mass is 10.1. The van der Waals surface area contributed by atoms with Gasteiger partial charge in [0.2, 0.25) is 0 Å². The van der Waals surface area contributed by atoms with Crippen LogP contribution in [0.25, 0.3) is 0 Å². The molecular weight excluding hydrogens is 337 g/mol. The second kappa shape index (κ2) is 5.54. The maximum Gasteiger partial charge on any atom is 0.261 e. The quantitative estimate of drug-likeness (QED) is 0.816. The van der Waals surface area contributed by atoms with Crippen molar-refractivity contribution in [3.8, 4) is 0 Å². The summed E-state index contributed by atoms with van der Waals surface area (Å²) in [5.74, 6) is -3.70. The summed E-state index contributed by atoms with van der Waals surface area (Å²) in [6.07, 6.45) is 0. The number of nitrogens with two attached hydrogens (primary N) is 1. The van der Waals surface area contributed by atoms with E-state index in [9.17, 15) is 18.0 Å². The molecule has 7 heteroatoms. The zero-order valence-electron chi connectivity index (χ0n) is 9.88. The molecular formula is C13H8BrF3N2O. The molecule has 0 unspecified atom stereocenters. The van der Waals surface area contributed by atoms with Gasteiger partial charge in [-0.3, -0.25) is 4.79 Å². The standard InChI is InChI=1S/C13H8BrF3N2O/c14-7-5-6(1-2-8(7)15)19-13(20)11-9(16)3-4-10(18)12(11)17/h1-5H,18H2,(H,19,20). The van der Waals surface area contributed by atoms with E-state index in [4.69, 9.17) is 5.73 Å². The van der Waals surface area contributed by atoms with Crippen molar-refractivity contribution in [2.75, 3.05) is 11.1 Å². The highest BCUT2D eigenvalue weighted by atomic mass is 79.9. The molecule has 2 rings (SSSR count). The summed E-state index contributed by atoms with van der Waals surface area (Å²) in [5.41, 5.74) is 4.35. The van der Waals surface area contributed by atoms with Gasteiger partial charge in [0.15, 0.2) is 5.82 Å². The molecule has 2 aromatic rings. The topological polar surface area (TPSA) is 55.1 Å². The Morgan fingerprint density at radius 1 is 1.10 bits per heavy atom. The molecule has 20 heavy (non-hydrogen) atoms. The van der Waals surface area contributed by atoms with E-state index in [1.165, 1.54) is 12.1 Å². The van der Waals surface area contributed by atoms with E-state index in [1.807, 2.05) is 0 Å². The van der Waals surface area contributed by atoms with Gasteiger partial charge in [0, 0.05) is 5.69 Å². The summed E-state index contributed by atoms with van der Waals surface area (Å²) in [6, 6.07) is 5.56. The lowest BCUT2D eigenvalue weighted by molar-refractivity contribution is 0.101.